The van der Waals surface area contributed by atoms with Gasteiger partial charge < -0.3 is 18.8 Å². The zero-order valence-corrected chi connectivity index (χ0v) is 25.1. The molecule has 0 radical (unpaired) electrons. The maximum absolute atomic E-state index is 14.5. The van der Waals surface area contributed by atoms with Gasteiger partial charge in [-0.15, -0.1) is 0 Å². The van der Waals surface area contributed by atoms with Crippen molar-refractivity contribution in [2.45, 2.75) is 0 Å². The number of para-hydroxylation sites is 4. The van der Waals surface area contributed by atoms with Crippen molar-refractivity contribution in [1.82, 2.24) is 0 Å². The highest BCUT2D eigenvalue weighted by atomic mass is 31.2. The van der Waals surface area contributed by atoms with Gasteiger partial charge in [0.2, 0.25) is 0 Å². The molecule has 1 aliphatic rings. The van der Waals surface area contributed by atoms with Crippen LogP contribution >= 0.6 is 7.14 Å². The van der Waals surface area contributed by atoms with Gasteiger partial charge in [-0.2, -0.15) is 0 Å². The molecule has 5 heteroatoms. The van der Waals surface area contributed by atoms with Crippen LogP contribution in [0.15, 0.2) is 162 Å². The van der Waals surface area contributed by atoms with Crippen LogP contribution in [0.2, 0.25) is 0 Å². The molecule has 6 aromatic carbocycles. The minimum Gasteiger partial charge on any atom is -0.455 e. The molecule has 2 heterocycles. The van der Waals surface area contributed by atoms with Gasteiger partial charge in [0.1, 0.15) is 18.5 Å². The van der Waals surface area contributed by atoms with E-state index in [0.29, 0.717) is 5.76 Å². The summed E-state index contributed by atoms with van der Waals surface area (Å²) < 4.78 is 21.2. The summed E-state index contributed by atoms with van der Waals surface area (Å²) in [6, 6.07) is 53.7. The van der Waals surface area contributed by atoms with Gasteiger partial charge in [-0.25, -0.2) is 0 Å². The van der Waals surface area contributed by atoms with Gasteiger partial charge in [0.15, 0.2) is 0 Å². The van der Waals surface area contributed by atoms with Gasteiger partial charge in [-0.1, -0.05) is 72.8 Å². The number of fused-ring (bicyclic) bond motifs is 5. The summed E-state index contributed by atoms with van der Waals surface area (Å²) in [5, 5.41) is 2.55. The van der Waals surface area contributed by atoms with Gasteiger partial charge >= 0.3 is 0 Å². The van der Waals surface area contributed by atoms with Crippen LogP contribution in [0.1, 0.15) is 0 Å². The van der Waals surface area contributed by atoms with Crippen LogP contribution < -0.4 is 20.4 Å². The normalized spacial score (nSPS) is 15.1. The Labute approximate surface area is 256 Å². The molecule has 1 unspecified atom stereocenters. The largest absolute Gasteiger partial charge is 0.455 e. The predicted molar refractivity (Wildman–Crippen MR) is 184 cm³/mol. The van der Waals surface area contributed by atoms with Crippen LogP contribution in [-0.2, 0) is 4.57 Å². The highest BCUT2D eigenvalue weighted by molar-refractivity contribution is 7.79. The molecule has 0 amide bonds. The summed E-state index contributed by atoms with van der Waals surface area (Å²) in [4.78, 5) is 4.43. The summed E-state index contributed by atoms with van der Waals surface area (Å²) in [6.45, 7) is 1.87. The average molecular weight is 589 g/mol. The third-order valence-corrected chi connectivity index (χ3v) is 10.9. The quantitative estimate of drug-likeness (QED) is 0.181. The Hall–Kier alpha value is -5.31. The molecule has 1 aliphatic heterocycles. The molecule has 44 heavy (non-hydrogen) atoms. The molecule has 1 aromatic heterocycles. The van der Waals surface area contributed by atoms with Gasteiger partial charge in [0, 0.05) is 56.4 Å². The molecular formula is C39H29N2O2P. The minimum atomic E-state index is -2.90. The van der Waals surface area contributed by atoms with Crippen molar-refractivity contribution < 1.29 is 8.98 Å². The maximum atomic E-state index is 14.5. The van der Waals surface area contributed by atoms with Crippen molar-refractivity contribution in [2.75, 3.05) is 16.5 Å². The Morgan fingerprint density at radius 3 is 1.41 bits per heavy atom. The molecule has 0 fully saturated rings. The Morgan fingerprint density at radius 1 is 0.500 bits per heavy atom. The molecule has 0 bridgehead atoms. The molecule has 0 aliphatic carbocycles. The standard InChI is InChI=1S/C39H29N2O2P/c1-44(42)37-25-23-32(40(28-14-6-2-7-15-28)29-16-8-3-9-17-29)26-35(37)38-39(44)34-24-22-33(27-36(34)43-38)41(30-18-10-4-11-19-30)31-20-12-5-13-21-31/h2-27H,1H3. The number of rotatable bonds is 6. The fraction of sp³-hybridized carbons (Fsp3) is 0.0256. The van der Waals surface area contributed by atoms with Crippen molar-refractivity contribution in [3.63, 3.8) is 0 Å². The Kier molecular flexibility index (Phi) is 6.25. The van der Waals surface area contributed by atoms with Gasteiger partial charge in [0.25, 0.3) is 0 Å². The average Bonchev–Trinajstić information content (AvgIpc) is 3.56. The first-order chi connectivity index (χ1) is 21.6. The predicted octanol–water partition coefficient (Wildman–Crippen LogP) is 10.3. The number of benzene rings is 6. The molecule has 212 valence electrons. The van der Waals surface area contributed by atoms with E-state index in [4.69, 9.17) is 4.42 Å². The van der Waals surface area contributed by atoms with E-state index in [9.17, 15) is 4.57 Å². The van der Waals surface area contributed by atoms with E-state index >= 15 is 0 Å². The lowest BCUT2D eigenvalue weighted by molar-refractivity contribution is 0.591. The van der Waals surface area contributed by atoms with E-state index in [1.165, 1.54) is 0 Å². The zero-order valence-electron chi connectivity index (χ0n) is 24.2. The molecule has 7 aromatic rings. The summed E-state index contributed by atoms with van der Waals surface area (Å²) >= 11 is 0. The smallest absolute Gasteiger partial charge is 0.147 e. The van der Waals surface area contributed by atoms with E-state index in [1.807, 2.05) is 85.5 Å². The second-order valence-corrected chi connectivity index (χ2v) is 13.9. The first-order valence-corrected chi connectivity index (χ1v) is 16.8. The summed E-state index contributed by atoms with van der Waals surface area (Å²) in [7, 11) is -2.90. The number of furan rings is 1. The fourth-order valence-electron chi connectivity index (χ4n) is 6.36. The molecule has 4 nitrogen and oxygen atoms in total. The van der Waals surface area contributed by atoms with E-state index in [1.54, 1.807) is 0 Å². The van der Waals surface area contributed by atoms with E-state index in [2.05, 4.69) is 88.7 Å². The number of hydrogen-bond donors (Lipinski definition) is 0. The highest BCUT2D eigenvalue weighted by Crippen LogP contribution is 2.54. The van der Waals surface area contributed by atoms with Gasteiger partial charge in [-0.05, 0) is 85.5 Å². The van der Waals surface area contributed by atoms with Crippen molar-refractivity contribution >= 4 is 62.8 Å². The number of anilines is 6. The van der Waals surface area contributed by atoms with Crippen molar-refractivity contribution in [1.29, 1.82) is 0 Å². The zero-order chi connectivity index (χ0) is 29.7. The Balaban J connectivity index is 1.28. The van der Waals surface area contributed by atoms with Crippen molar-refractivity contribution in [3.05, 3.63) is 158 Å². The first kappa shape index (κ1) is 26.3. The summed E-state index contributed by atoms with van der Waals surface area (Å²) in [5.41, 5.74) is 7.77. The summed E-state index contributed by atoms with van der Waals surface area (Å²) in [6.07, 6.45) is 0. The SMILES string of the molecule is CP1(=O)c2ccc(N(c3ccccc3)c3ccccc3)cc2-c2oc3cc(N(c4ccccc4)c4ccccc4)ccc3c21. The molecule has 0 N–H and O–H groups in total. The van der Waals surface area contributed by atoms with Crippen LogP contribution in [0.5, 0.6) is 0 Å². The number of hydrogen-bond acceptors (Lipinski definition) is 4. The van der Waals surface area contributed by atoms with Crippen LogP contribution in [0.4, 0.5) is 34.1 Å². The molecule has 1 atom stereocenters. The molecular weight excluding hydrogens is 559 g/mol. The number of nitrogens with zero attached hydrogens (tertiary/aromatic N) is 2. The lowest BCUT2D eigenvalue weighted by Gasteiger charge is -2.26. The van der Waals surface area contributed by atoms with Crippen molar-refractivity contribution in [3.8, 4) is 11.3 Å². The second-order valence-electron chi connectivity index (χ2n) is 11.1. The van der Waals surface area contributed by atoms with Gasteiger partial charge in [-0.3, -0.25) is 0 Å². The first-order valence-electron chi connectivity index (χ1n) is 14.7. The maximum Gasteiger partial charge on any atom is 0.147 e. The fourth-order valence-corrected chi connectivity index (χ4v) is 8.78. The topological polar surface area (TPSA) is 36.7 Å². The molecule has 8 rings (SSSR count). The van der Waals surface area contributed by atoms with Crippen LogP contribution in [0, 0.1) is 0 Å². The van der Waals surface area contributed by atoms with Crippen LogP contribution in [0.3, 0.4) is 0 Å². The van der Waals surface area contributed by atoms with Crippen LogP contribution in [0.25, 0.3) is 22.3 Å². The molecule has 0 spiro atoms. The highest BCUT2D eigenvalue weighted by Gasteiger charge is 2.40. The molecule has 0 saturated carbocycles. The van der Waals surface area contributed by atoms with E-state index in [0.717, 1.165) is 61.3 Å². The monoisotopic (exact) mass is 588 g/mol. The van der Waals surface area contributed by atoms with E-state index in [-0.39, 0.29) is 0 Å². The van der Waals surface area contributed by atoms with Gasteiger partial charge in [0.05, 0.1) is 5.30 Å². The van der Waals surface area contributed by atoms with Crippen LogP contribution in [-0.4, -0.2) is 6.66 Å². The molecule has 0 saturated heterocycles. The summed E-state index contributed by atoms with van der Waals surface area (Å²) in [5.74, 6) is 0.701. The second kappa shape index (κ2) is 10.4. The lowest BCUT2D eigenvalue weighted by atomic mass is 10.1. The Bertz CT molecular complexity index is 2080. The minimum absolute atomic E-state index is 0.701. The van der Waals surface area contributed by atoms with E-state index < -0.39 is 7.14 Å². The van der Waals surface area contributed by atoms with Crippen molar-refractivity contribution in [2.24, 2.45) is 0 Å². The lowest BCUT2D eigenvalue weighted by Crippen LogP contribution is -2.12. The third kappa shape index (κ3) is 4.26. The Morgan fingerprint density at radius 2 is 0.932 bits per heavy atom. The third-order valence-electron chi connectivity index (χ3n) is 8.33.